The van der Waals surface area contributed by atoms with Crippen LogP contribution in [0.5, 0.6) is 5.75 Å². The fourth-order valence-corrected chi connectivity index (χ4v) is 3.85. The zero-order chi connectivity index (χ0) is 15.4. The van der Waals surface area contributed by atoms with E-state index in [2.05, 4.69) is 19.9 Å². The van der Waals surface area contributed by atoms with Crippen molar-refractivity contribution in [2.24, 2.45) is 11.3 Å². The van der Waals surface area contributed by atoms with Crippen molar-refractivity contribution >= 4 is 11.4 Å². The van der Waals surface area contributed by atoms with Gasteiger partial charge in [0.1, 0.15) is 5.75 Å². The summed E-state index contributed by atoms with van der Waals surface area (Å²) in [5.74, 6) is 1.05. The average Bonchev–Trinajstić information content (AvgIpc) is 2.39. The molecule has 3 rings (SSSR count). The Kier molecular flexibility index (Phi) is 3.23. The van der Waals surface area contributed by atoms with Crippen LogP contribution in [0.25, 0.3) is 5.57 Å². The number of rotatable bonds is 1. The van der Waals surface area contributed by atoms with Crippen molar-refractivity contribution in [2.75, 3.05) is 0 Å². The first kappa shape index (κ1) is 14.4. The van der Waals surface area contributed by atoms with E-state index in [1.165, 1.54) is 5.57 Å². The third-order valence-electron chi connectivity index (χ3n) is 5.26. The first-order valence-electron chi connectivity index (χ1n) is 7.92. The van der Waals surface area contributed by atoms with E-state index < -0.39 is 0 Å². The second kappa shape index (κ2) is 4.72. The highest BCUT2D eigenvalue weighted by molar-refractivity contribution is 6.05. The summed E-state index contributed by atoms with van der Waals surface area (Å²) in [4.78, 5) is 12.6. The molecule has 0 amide bonds. The smallest absolute Gasteiger partial charge is 0.164 e. The number of carbonyl (C=O) groups excluding carboxylic acids is 1. The summed E-state index contributed by atoms with van der Waals surface area (Å²) < 4.78 is 0. The van der Waals surface area contributed by atoms with Crippen molar-refractivity contribution < 1.29 is 9.90 Å². The minimum absolute atomic E-state index is 0.157. The van der Waals surface area contributed by atoms with E-state index >= 15 is 0 Å². The molecule has 112 valence electrons. The lowest BCUT2D eigenvalue weighted by molar-refractivity contribution is 0.0920. The van der Waals surface area contributed by atoms with Crippen molar-refractivity contribution in [3.63, 3.8) is 0 Å². The van der Waals surface area contributed by atoms with Gasteiger partial charge in [0, 0.05) is 12.0 Å². The molecular formula is C19H24O2. The molecule has 0 spiro atoms. The Balaban J connectivity index is 2.19. The minimum Gasteiger partial charge on any atom is -0.508 e. The number of hydrogen-bond acceptors (Lipinski definition) is 2. The predicted molar refractivity (Wildman–Crippen MR) is 85.6 cm³/mol. The zero-order valence-corrected chi connectivity index (χ0v) is 13.4. The number of phenolic OH excluding ortho intramolecular Hbond substituents is 1. The van der Waals surface area contributed by atoms with Crippen molar-refractivity contribution in [3.8, 4) is 5.75 Å². The van der Waals surface area contributed by atoms with Crippen LogP contribution in [0.4, 0.5) is 0 Å². The molecule has 0 aliphatic heterocycles. The highest BCUT2D eigenvalue weighted by Crippen LogP contribution is 2.51. The van der Waals surface area contributed by atoms with E-state index in [0.717, 1.165) is 29.5 Å². The molecule has 0 saturated heterocycles. The molecule has 2 aliphatic rings. The highest BCUT2D eigenvalue weighted by atomic mass is 16.3. The third kappa shape index (κ3) is 2.21. The summed E-state index contributed by atoms with van der Waals surface area (Å²) in [6, 6.07) is 3.73. The normalized spacial score (nSPS) is 23.6. The Morgan fingerprint density at radius 2 is 1.95 bits per heavy atom. The van der Waals surface area contributed by atoms with Crippen LogP contribution in [0.15, 0.2) is 18.2 Å². The summed E-state index contributed by atoms with van der Waals surface area (Å²) in [7, 11) is 0. The van der Waals surface area contributed by atoms with E-state index in [4.69, 9.17) is 0 Å². The topological polar surface area (TPSA) is 37.3 Å². The summed E-state index contributed by atoms with van der Waals surface area (Å²) in [6.07, 6.45) is 5.06. The van der Waals surface area contributed by atoms with Gasteiger partial charge in [-0.15, -0.1) is 0 Å². The Labute approximate surface area is 126 Å². The van der Waals surface area contributed by atoms with E-state index in [1.807, 2.05) is 26.0 Å². The number of hydrogen-bond donors (Lipinski definition) is 1. The summed E-state index contributed by atoms with van der Waals surface area (Å²) in [5, 5.41) is 10.3. The minimum atomic E-state index is 0.157. The van der Waals surface area contributed by atoms with Crippen molar-refractivity contribution in [3.05, 3.63) is 34.9 Å². The van der Waals surface area contributed by atoms with Gasteiger partial charge >= 0.3 is 0 Å². The van der Waals surface area contributed by atoms with Crippen LogP contribution in [0.2, 0.25) is 0 Å². The van der Waals surface area contributed by atoms with Crippen molar-refractivity contribution in [1.82, 2.24) is 0 Å². The van der Waals surface area contributed by atoms with Crippen LogP contribution in [0, 0.1) is 11.3 Å². The maximum atomic E-state index is 12.6. The second-order valence-corrected chi connectivity index (χ2v) is 7.48. The van der Waals surface area contributed by atoms with Gasteiger partial charge in [0.25, 0.3) is 0 Å². The molecule has 21 heavy (non-hydrogen) atoms. The number of phenols is 1. The van der Waals surface area contributed by atoms with Crippen LogP contribution in [-0.2, 0) is 0 Å². The molecule has 2 heteroatoms. The number of allylic oxidation sites excluding steroid dienone is 2. The first-order valence-corrected chi connectivity index (χ1v) is 7.92. The van der Waals surface area contributed by atoms with Crippen LogP contribution in [-0.4, -0.2) is 10.9 Å². The lowest BCUT2D eigenvalue weighted by Gasteiger charge is -2.42. The quantitative estimate of drug-likeness (QED) is 0.794. The highest BCUT2D eigenvalue weighted by Gasteiger charge is 2.41. The Bertz CT molecular complexity index is 635. The SMILES string of the molecule is CC(C)c1cc2c(cc1O)C1=CCCC(C)(C)[C@H]1CC2=O. The van der Waals surface area contributed by atoms with Gasteiger partial charge in [-0.2, -0.15) is 0 Å². The van der Waals surface area contributed by atoms with Gasteiger partial charge in [0.05, 0.1) is 0 Å². The van der Waals surface area contributed by atoms with Crippen LogP contribution >= 0.6 is 0 Å². The molecule has 1 atom stereocenters. The fraction of sp³-hybridized carbons (Fsp3) is 0.526. The predicted octanol–water partition coefficient (Wildman–Crippen LogP) is 4.92. The monoisotopic (exact) mass is 284 g/mol. The molecular weight excluding hydrogens is 260 g/mol. The summed E-state index contributed by atoms with van der Waals surface area (Å²) >= 11 is 0. The lowest BCUT2D eigenvalue weighted by atomic mass is 9.61. The molecule has 0 aromatic heterocycles. The molecule has 1 aromatic carbocycles. The molecule has 2 nitrogen and oxygen atoms in total. The molecule has 0 radical (unpaired) electrons. The summed E-state index contributed by atoms with van der Waals surface area (Å²) in [6.45, 7) is 8.59. The van der Waals surface area contributed by atoms with Crippen molar-refractivity contribution in [2.45, 2.75) is 52.9 Å². The van der Waals surface area contributed by atoms with Gasteiger partial charge in [0.2, 0.25) is 0 Å². The molecule has 0 bridgehead atoms. The molecule has 1 N–H and O–H groups in total. The lowest BCUT2D eigenvalue weighted by Crippen LogP contribution is -2.33. The Morgan fingerprint density at radius 3 is 2.62 bits per heavy atom. The van der Waals surface area contributed by atoms with Gasteiger partial charge in [-0.25, -0.2) is 0 Å². The first-order chi connectivity index (χ1) is 9.81. The van der Waals surface area contributed by atoms with E-state index in [9.17, 15) is 9.90 Å². The van der Waals surface area contributed by atoms with Gasteiger partial charge in [-0.05, 0) is 58.9 Å². The van der Waals surface area contributed by atoms with Crippen LogP contribution < -0.4 is 0 Å². The average molecular weight is 284 g/mol. The molecule has 0 unspecified atom stereocenters. The zero-order valence-electron chi connectivity index (χ0n) is 13.4. The maximum Gasteiger partial charge on any atom is 0.164 e. The third-order valence-corrected chi connectivity index (χ3v) is 5.26. The Morgan fingerprint density at radius 1 is 1.24 bits per heavy atom. The number of Topliss-reactive ketones (excluding diaryl/α,β-unsaturated/α-hetero) is 1. The Hall–Kier alpha value is -1.57. The van der Waals surface area contributed by atoms with Gasteiger partial charge in [-0.3, -0.25) is 4.79 Å². The van der Waals surface area contributed by atoms with E-state index in [1.54, 1.807) is 0 Å². The number of benzene rings is 1. The van der Waals surface area contributed by atoms with Gasteiger partial charge in [-0.1, -0.05) is 33.8 Å². The number of carbonyl (C=O) groups is 1. The molecule has 0 fully saturated rings. The second-order valence-electron chi connectivity index (χ2n) is 7.48. The number of aromatic hydroxyl groups is 1. The van der Waals surface area contributed by atoms with Crippen LogP contribution in [0.1, 0.15) is 74.4 Å². The fourth-order valence-electron chi connectivity index (χ4n) is 3.85. The van der Waals surface area contributed by atoms with Gasteiger partial charge < -0.3 is 5.11 Å². The maximum absolute atomic E-state index is 12.6. The van der Waals surface area contributed by atoms with E-state index in [0.29, 0.717) is 12.2 Å². The largest absolute Gasteiger partial charge is 0.508 e. The molecule has 2 aliphatic carbocycles. The number of ketones is 1. The molecule has 1 aromatic rings. The number of fused-ring (bicyclic) bond motifs is 3. The van der Waals surface area contributed by atoms with Crippen LogP contribution in [0.3, 0.4) is 0 Å². The van der Waals surface area contributed by atoms with Gasteiger partial charge in [0.15, 0.2) is 5.78 Å². The molecule has 0 saturated carbocycles. The summed E-state index contributed by atoms with van der Waals surface area (Å²) in [5.41, 5.74) is 4.06. The van der Waals surface area contributed by atoms with E-state index in [-0.39, 0.29) is 23.0 Å². The van der Waals surface area contributed by atoms with Crippen molar-refractivity contribution in [1.29, 1.82) is 0 Å². The standard InChI is InChI=1S/C19H24O2/c1-11(2)13-8-15-14(9-17(13)20)12-6-5-7-19(3,4)16(12)10-18(15)21/h6,8-9,11,16,20H,5,7,10H2,1-4H3/t16-/m0/s1. The molecule has 0 heterocycles.